The second kappa shape index (κ2) is 8.41. The fraction of sp³-hybridized carbons (Fsp3) is 0.167. The zero-order valence-electron chi connectivity index (χ0n) is 14.5. The molecule has 0 saturated heterocycles. The Hall–Kier alpha value is -2.58. The number of carbonyl (C=O) groups excluding carboxylic acids is 1. The van der Waals surface area contributed by atoms with Gasteiger partial charge in [0.1, 0.15) is 17.9 Å². The van der Waals surface area contributed by atoms with Crippen LogP contribution in [-0.4, -0.2) is 33.0 Å². The smallest absolute Gasteiger partial charge is 0.237 e. The summed E-state index contributed by atoms with van der Waals surface area (Å²) in [5, 5.41) is 10.9. The Balaban J connectivity index is 1.76. The molecule has 1 amide bonds. The van der Waals surface area contributed by atoms with Gasteiger partial charge in [-0.05, 0) is 37.3 Å². The molecule has 0 spiro atoms. The number of rotatable bonds is 6. The van der Waals surface area contributed by atoms with Crippen molar-refractivity contribution in [2.45, 2.75) is 17.3 Å². The third-order valence-electron chi connectivity index (χ3n) is 3.70. The van der Waals surface area contributed by atoms with Crippen LogP contribution in [0.2, 0.25) is 5.02 Å². The zero-order chi connectivity index (χ0) is 19.4. The highest BCUT2D eigenvalue weighted by molar-refractivity contribution is 8.00. The lowest BCUT2D eigenvalue weighted by molar-refractivity contribution is -0.115. The number of para-hydroxylation sites is 2. The van der Waals surface area contributed by atoms with Crippen LogP contribution < -0.4 is 10.1 Å². The highest BCUT2D eigenvalue weighted by Crippen LogP contribution is 2.29. The van der Waals surface area contributed by atoms with Crippen LogP contribution in [0.1, 0.15) is 6.92 Å². The second-order valence-corrected chi connectivity index (χ2v) is 7.24. The maximum atomic E-state index is 13.1. The topological polar surface area (TPSA) is 69.0 Å². The minimum atomic E-state index is -0.497. The Kier molecular flexibility index (Phi) is 5.98. The molecular formula is C18H16ClFN4O2S. The molecule has 0 saturated carbocycles. The van der Waals surface area contributed by atoms with Crippen LogP contribution in [0, 0.1) is 5.82 Å². The zero-order valence-corrected chi connectivity index (χ0v) is 16.1. The highest BCUT2D eigenvalue weighted by atomic mass is 35.5. The van der Waals surface area contributed by atoms with Gasteiger partial charge in [0.2, 0.25) is 5.91 Å². The number of nitrogens with zero attached hydrogens (tertiary/aromatic N) is 3. The molecular weight excluding hydrogens is 391 g/mol. The molecule has 0 radical (unpaired) electrons. The Labute approximate surface area is 164 Å². The summed E-state index contributed by atoms with van der Waals surface area (Å²) in [5.74, 6) is -0.0947. The van der Waals surface area contributed by atoms with E-state index in [1.165, 1.54) is 23.9 Å². The van der Waals surface area contributed by atoms with Gasteiger partial charge in [-0.25, -0.2) is 4.39 Å². The van der Waals surface area contributed by atoms with Crippen molar-refractivity contribution in [2.75, 3.05) is 12.4 Å². The first-order chi connectivity index (χ1) is 13.0. The summed E-state index contributed by atoms with van der Waals surface area (Å²) in [6, 6.07) is 11.2. The summed E-state index contributed by atoms with van der Waals surface area (Å²) in [5.41, 5.74) is 1.11. The first kappa shape index (κ1) is 19.2. The monoisotopic (exact) mass is 406 g/mol. The molecule has 0 unspecified atom stereocenters. The molecule has 2 aromatic carbocycles. The Morgan fingerprint density at radius 1 is 1.33 bits per heavy atom. The molecule has 1 heterocycles. The summed E-state index contributed by atoms with van der Waals surface area (Å²) in [6.45, 7) is 1.73. The summed E-state index contributed by atoms with van der Waals surface area (Å²) in [4.78, 5) is 12.5. The number of methoxy groups -OCH3 is 1. The van der Waals surface area contributed by atoms with Crippen LogP contribution in [0.3, 0.4) is 0 Å². The summed E-state index contributed by atoms with van der Waals surface area (Å²) < 4.78 is 20.2. The van der Waals surface area contributed by atoms with Crippen molar-refractivity contribution >= 4 is 35.0 Å². The third kappa shape index (κ3) is 4.40. The molecule has 3 rings (SSSR count). The predicted octanol–water partition coefficient (Wildman–Crippen LogP) is 4.19. The van der Waals surface area contributed by atoms with Crippen LogP contribution in [0.25, 0.3) is 5.69 Å². The van der Waals surface area contributed by atoms with Gasteiger partial charge in [0.05, 0.1) is 28.8 Å². The van der Waals surface area contributed by atoms with Crippen molar-refractivity contribution in [2.24, 2.45) is 0 Å². The fourth-order valence-corrected chi connectivity index (χ4v) is 3.39. The average molecular weight is 407 g/mol. The SMILES string of the molecule is COc1ccccc1-n1cnnc1S[C@H](C)C(=O)Nc1ccc(F)cc1Cl. The van der Waals surface area contributed by atoms with Gasteiger partial charge in [-0.2, -0.15) is 0 Å². The minimum absolute atomic E-state index is 0.137. The number of aromatic nitrogens is 3. The van der Waals surface area contributed by atoms with Gasteiger partial charge in [0.15, 0.2) is 5.16 Å². The predicted molar refractivity (Wildman–Crippen MR) is 103 cm³/mol. The standard InChI is InChI=1S/C18H16ClFN4O2S/c1-11(17(25)22-14-8-7-12(20)9-13(14)19)27-18-23-21-10-24(18)15-5-3-4-6-16(15)26-2/h3-11H,1-2H3,(H,22,25)/t11-/m1/s1. The van der Waals surface area contributed by atoms with E-state index in [1.807, 2.05) is 24.3 Å². The van der Waals surface area contributed by atoms with Gasteiger partial charge in [0.25, 0.3) is 0 Å². The summed E-state index contributed by atoms with van der Waals surface area (Å²) in [6.07, 6.45) is 1.56. The van der Waals surface area contributed by atoms with Gasteiger partial charge in [-0.3, -0.25) is 9.36 Å². The summed E-state index contributed by atoms with van der Waals surface area (Å²) >= 11 is 7.19. The van der Waals surface area contributed by atoms with Crippen molar-refractivity contribution in [1.29, 1.82) is 0 Å². The minimum Gasteiger partial charge on any atom is -0.495 e. The van der Waals surface area contributed by atoms with Gasteiger partial charge >= 0.3 is 0 Å². The number of thioether (sulfide) groups is 1. The van der Waals surface area contributed by atoms with Gasteiger partial charge in [0, 0.05) is 0 Å². The molecule has 6 nitrogen and oxygen atoms in total. The number of halogens is 2. The van der Waals surface area contributed by atoms with Gasteiger partial charge in [-0.1, -0.05) is 35.5 Å². The van der Waals surface area contributed by atoms with E-state index in [1.54, 1.807) is 24.9 Å². The lowest BCUT2D eigenvalue weighted by Crippen LogP contribution is -2.23. The molecule has 0 aliphatic rings. The first-order valence-electron chi connectivity index (χ1n) is 7.95. The van der Waals surface area contributed by atoms with E-state index >= 15 is 0 Å². The average Bonchev–Trinajstić information content (AvgIpc) is 3.11. The largest absolute Gasteiger partial charge is 0.495 e. The lowest BCUT2D eigenvalue weighted by Gasteiger charge is -2.14. The molecule has 0 aliphatic carbocycles. The Morgan fingerprint density at radius 2 is 2.11 bits per heavy atom. The van der Waals surface area contributed by atoms with E-state index in [0.717, 1.165) is 11.8 Å². The van der Waals surface area contributed by atoms with E-state index in [0.29, 0.717) is 16.6 Å². The van der Waals surface area contributed by atoms with E-state index in [2.05, 4.69) is 15.5 Å². The molecule has 0 aliphatic heterocycles. The van der Waals surface area contributed by atoms with Crippen molar-refractivity contribution in [1.82, 2.24) is 14.8 Å². The fourth-order valence-electron chi connectivity index (χ4n) is 2.34. The van der Waals surface area contributed by atoms with E-state index < -0.39 is 11.1 Å². The molecule has 1 atom stereocenters. The van der Waals surface area contributed by atoms with E-state index in [9.17, 15) is 9.18 Å². The molecule has 9 heteroatoms. The highest BCUT2D eigenvalue weighted by Gasteiger charge is 2.20. The van der Waals surface area contributed by atoms with Crippen molar-refractivity contribution in [3.63, 3.8) is 0 Å². The second-order valence-electron chi connectivity index (χ2n) is 5.53. The Bertz CT molecular complexity index is 966. The number of hydrogen-bond donors (Lipinski definition) is 1. The maximum Gasteiger partial charge on any atom is 0.237 e. The Morgan fingerprint density at radius 3 is 2.85 bits per heavy atom. The van der Waals surface area contributed by atoms with Crippen molar-refractivity contribution in [3.8, 4) is 11.4 Å². The van der Waals surface area contributed by atoms with E-state index in [4.69, 9.17) is 16.3 Å². The molecule has 27 heavy (non-hydrogen) atoms. The third-order valence-corrected chi connectivity index (χ3v) is 5.07. The normalized spacial score (nSPS) is 11.9. The molecule has 1 aromatic heterocycles. The molecule has 140 valence electrons. The van der Waals surface area contributed by atoms with Crippen LogP contribution in [0.5, 0.6) is 5.75 Å². The maximum absolute atomic E-state index is 13.1. The van der Waals surface area contributed by atoms with Crippen LogP contribution in [0.15, 0.2) is 53.9 Å². The van der Waals surface area contributed by atoms with Gasteiger partial charge < -0.3 is 10.1 Å². The van der Waals surface area contributed by atoms with Crippen LogP contribution >= 0.6 is 23.4 Å². The molecule has 3 aromatic rings. The number of carbonyl (C=O) groups is 1. The number of amides is 1. The number of ether oxygens (including phenoxy) is 1. The first-order valence-corrected chi connectivity index (χ1v) is 9.21. The number of nitrogens with one attached hydrogen (secondary N) is 1. The lowest BCUT2D eigenvalue weighted by atomic mass is 10.3. The number of benzene rings is 2. The number of hydrogen-bond acceptors (Lipinski definition) is 5. The van der Waals surface area contributed by atoms with Crippen molar-refractivity contribution in [3.05, 3.63) is 59.6 Å². The summed E-state index contributed by atoms with van der Waals surface area (Å²) in [7, 11) is 1.58. The van der Waals surface area contributed by atoms with E-state index in [-0.39, 0.29) is 10.9 Å². The van der Waals surface area contributed by atoms with Crippen molar-refractivity contribution < 1.29 is 13.9 Å². The number of anilines is 1. The van der Waals surface area contributed by atoms with Crippen LogP contribution in [-0.2, 0) is 4.79 Å². The molecule has 0 fully saturated rings. The van der Waals surface area contributed by atoms with Gasteiger partial charge in [-0.15, -0.1) is 10.2 Å². The molecule has 1 N–H and O–H groups in total. The quantitative estimate of drug-likeness (QED) is 0.622. The molecule has 0 bridgehead atoms. The van der Waals surface area contributed by atoms with Crippen LogP contribution in [0.4, 0.5) is 10.1 Å².